The summed E-state index contributed by atoms with van der Waals surface area (Å²) >= 11 is 0. The highest BCUT2D eigenvalue weighted by Gasteiger charge is 2.30. The third-order valence-corrected chi connectivity index (χ3v) is 7.88. The van der Waals surface area contributed by atoms with Crippen LogP contribution in [-0.2, 0) is 0 Å². The molecule has 0 atom stereocenters. The van der Waals surface area contributed by atoms with Gasteiger partial charge in [0.1, 0.15) is 23.3 Å². The molecule has 53 heavy (non-hydrogen) atoms. The first-order chi connectivity index (χ1) is 25.7. The first kappa shape index (κ1) is 32.2. The fourth-order valence-electron chi connectivity index (χ4n) is 5.41. The first-order valence-electron chi connectivity index (χ1n) is 15.0. The van der Waals surface area contributed by atoms with Crippen molar-refractivity contribution in [3.63, 3.8) is 0 Å². The van der Waals surface area contributed by atoms with E-state index in [1.165, 1.54) is 24.3 Å². The molecule has 0 N–H and O–H groups in total. The third-order valence-electron chi connectivity index (χ3n) is 7.88. The molecule has 0 saturated heterocycles. The van der Waals surface area contributed by atoms with Crippen molar-refractivity contribution in [3.8, 4) is 23.5 Å². The Labute approximate surface area is 291 Å². The predicted molar refractivity (Wildman–Crippen MR) is 170 cm³/mol. The van der Waals surface area contributed by atoms with E-state index in [9.17, 15) is 32.5 Å². The van der Waals surface area contributed by atoms with Gasteiger partial charge >= 0.3 is 0 Å². The third kappa shape index (κ3) is 5.31. The average molecular weight is 707 g/mol. The quantitative estimate of drug-likeness (QED) is 0.0921. The Bertz CT molecular complexity index is 2940. The summed E-state index contributed by atoms with van der Waals surface area (Å²) in [5.41, 5.74) is -2.62. The molecule has 17 heteroatoms. The van der Waals surface area contributed by atoms with E-state index in [1.54, 1.807) is 48.5 Å². The largest absolute Gasteiger partial charge is 0.274 e. The van der Waals surface area contributed by atoms with E-state index in [4.69, 9.17) is 6.57 Å². The molecule has 4 aromatic carbocycles. The van der Waals surface area contributed by atoms with E-state index < -0.39 is 46.0 Å². The molecule has 0 amide bonds. The van der Waals surface area contributed by atoms with Crippen LogP contribution in [0.25, 0.3) is 33.1 Å². The molecule has 0 bridgehead atoms. The number of hydrogen-bond donors (Lipinski definition) is 0. The summed E-state index contributed by atoms with van der Waals surface area (Å²) in [6.45, 7) is 7.99. The Morgan fingerprint density at radius 1 is 0.528 bits per heavy atom. The zero-order chi connectivity index (χ0) is 37.0. The van der Waals surface area contributed by atoms with Crippen LogP contribution in [-0.4, -0.2) is 15.0 Å². The second-order valence-electron chi connectivity index (χ2n) is 11.0. The van der Waals surface area contributed by atoms with Crippen LogP contribution in [0.15, 0.2) is 114 Å². The van der Waals surface area contributed by atoms with Gasteiger partial charge in [-0.15, -0.1) is 0 Å². The predicted octanol–water partition coefficient (Wildman–Crippen LogP) is 3.02. The van der Waals surface area contributed by atoms with E-state index in [0.717, 1.165) is 0 Å². The van der Waals surface area contributed by atoms with Gasteiger partial charge in [-0.3, -0.25) is 0 Å². The van der Waals surface area contributed by atoms with Crippen LogP contribution in [0.2, 0.25) is 0 Å². The van der Waals surface area contributed by atoms with Crippen molar-refractivity contribution in [2.75, 3.05) is 0 Å². The van der Waals surface area contributed by atoms with Gasteiger partial charge < -0.3 is 0 Å². The van der Waals surface area contributed by atoms with Gasteiger partial charge in [0.15, 0.2) is 58.2 Å². The zero-order valence-corrected chi connectivity index (χ0v) is 26.1. The molecular formula is C36H11F5N12. The lowest BCUT2D eigenvalue weighted by Crippen LogP contribution is -2.21. The summed E-state index contributed by atoms with van der Waals surface area (Å²) in [4.78, 5) is 43.0. The molecule has 5 aromatic rings. The normalized spacial score (nSPS) is 14.0. The molecular weight excluding hydrogens is 695 g/mol. The molecule has 12 nitrogen and oxygen atoms in total. The molecule has 0 saturated carbocycles. The number of nitriles is 2. The molecule has 8 rings (SSSR count). The number of benzene rings is 4. The van der Waals surface area contributed by atoms with Gasteiger partial charge in [-0.1, -0.05) is 24.3 Å². The van der Waals surface area contributed by atoms with Crippen LogP contribution in [0.1, 0.15) is 17.2 Å². The fraction of sp³-hybridized carbons (Fsp3) is 0. The number of halogens is 5. The minimum atomic E-state index is -2.39. The van der Waals surface area contributed by atoms with Crippen LogP contribution < -0.4 is 32.1 Å². The molecule has 250 valence electrons. The lowest BCUT2D eigenvalue weighted by Gasteiger charge is -2.07. The van der Waals surface area contributed by atoms with E-state index in [-0.39, 0.29) is 56.7 Å². The van der Waals surface area contributed by atoms with Crippen molar-refractivity contribution in [3.05, 3.63) is 174 Å². The number of para-hydroxylation sites is 4. The maximum absolute atomic E-state index is 14.7. The SMILES string of the molecule is [C-]#[N+]C(=C1N=c2ccccc2=N1)c1nc(C(C#N)=C2N=c3ccccc3=N2)nc(-c2ccc3c(c2)=N/C(=C(\C#N)c2c(F)c(F)c(F)c(F)c2F)N=3)n1. The monoisotopic (exact) mass is 706 g/mol. The van der Waals surface area contributed by atoms with Crippen molar-refractivity contribution in [1.82, 2.24) is 15.0 Å². The summed E-state index contributed by atoms with van der Waals surface area (Å²) < 4.78 is 71.1. The Kier molecular flexibility index (Phi) is 7.55. The molecule has 3 aliphatic heterocycles. The molecule has 0 spiro atoms. The van der Waals surface area contributed by atoms with E-state index in [2.05, 4.69) is 49.8 Å². The van der Waals surface area contributed by atoms with Crippen LogP contribution in [0.4, 0.5) is 22.0 Å². The van der Waals surface area contributed by atoms with Crippen molar-refractivity contribution < 1.29 is 22.0 Å². The van der Waals surface area contributed by atoms with E-state index >= 15 is 0 Å². The molecule has 0 radical (unpaired) electrons. The summed E-state index contributed by atoms with van der Waals surface area (Å²) in [7, 11) is 0. The molecule has 0 fully saturated rings. The average Bonchev–Trinajstić information content (AvgIpc) is 3.92. The lowest BCUT2D eigenvalue weighted by atomic mass is 10.0. The maximum atomic E-state index is 14.7. The maximum Gasteiger partial charge on any atom is 0.274 e. The number of fused-ring (bicyclic) bond motifs is 3. The second kappa shape index (κ2) is 12.4. The highest BCUT2D eigenvalue weighted by molar-refractivity contribution is 5.80. The van der Waals surface area contributed by atoms with Crippen molar-refractivity contribution in [2.24, 2.45) is 30.0 Å². The minimum absolute atomic E-state index is 0.00570. The van der Waals surface area contributed by atoms with E-state index in [0.29, 0.717) is 21.4 Å². The lowest BCUT2D eigenvalue weighted by molar-refractivity contribution is 0.376. The highest BCUT2D eigenvalue weighted by Crippen LogP contribution is 2.31. The Morgan fingerprint density at radius 3 is 1.51 bits per heavy atom. The standard InChI is InChI=1S/C36H11F5N12/c1-44-30(35-48-20-8-4-5-9-21(20)49-35)36-52-31(51-34(53-36)17(14-43)33-45-18-6-2-3-7-19(18)46-33)15-10-11-22-23(12-15)50-32(47-22)16(13-42)24-25(37)27(39)29(41)28(40)26(24)38/h2-12H/b32-16+. The van der Waals surface area contributed by atoms with Gasteiger partial charge in [0.25, 0.3) is 5.70 Å². The Balaban J connectivity index is 1.33. The summed E-state index contributed by atoms with van der Waals surface area (Å²) in [6, 6.07) is 21.5. The van der Waals surface area contributed by atoms with Crippen molar-refractivity contribution in [2.45, 2.75) is 0 Å². The number of aromatic nitrogens is 3. The summed E-state index contributed by atoms with van der Waals surface area (Å²) in [5, 5.41) is 22.1. The van der Waals surface area contributed by atoms with Gasteiger partial charge in [0, 0.05) is 5.56 Å². The fourth-order valence-corrected chi connectivity index (χ4v) is 5.41. The Hall–Kier alpha value is -7.97. The van der Waals surface area contributed by atoms with Gasteiger partial charge in [0.2, 0.25) is 5.82 Å². The van der Waals surface area contributed by atoms with Gasteiger partial charge in [-0.05, 0) is 42.5 Å². The zero-order valence-electron chi connectivity index (χ0n) is 26.1. The van der Waals surface area contributed by atoms with Crippen molar-refractivity contribution in [1.29, 1.82) is 10.5 Å². The van der Waals surface area contributed by atoms with E-state index in [1.807, 2.05) is 6.07 Å². The van der Waals surface area contributed by atoms with Crippen LogP contribution >= 0.6 is 0 Å². The number of hydrogen-bond acceptors (Lipinski definition) is 11. The number of nitrogens with zero attached hydrogens (tertiary/aromatic N) is 12. The van der Waals surface area contributed by atoms with Crippen LogP contribution in [0.3, 0.4) is 0 Å². The van der Waals surface area contributed by atoms with Gasteiger partial charge in [-0.2, -0.15) is 10.5 Å². The molecule has 3 aliphatic rings. The summed E-state index contributed by atoms with van der Waals surface area (Å²) in [6.07, 6.45) is 0. The first-order valence-corrected chi connectivity index (χ1v) is 15.0. The molecule has 0 unspecified atom stereocenters. The summed E-state index contributed by atoms with van der Waals surface area (Å²) in [5.74, 6) is -12.4. The van der Waals surface area contributed by atoms with Gasteiger partial charge in [0.05, 0.1) is 44.3 Å². The van der Waals surface area contributed by atoms with Crippen LogP contribution in [0.5, 0.6) is 0 Å². The van der Waals surface area contributed by atoms with Gasteiger partial charge in [-0.25, -0.2) is 71.7 Å². The highest BCUT2D eigenvalue weighted by atomic mass is 19.2. The second-order valence-corrected chi connectivity index (χ2v) is 11.0. The van der Waals surface area contributed by atoms with Crippen molar-refractivity contribution >= 4 is 16.8 Å². The Morgan fingerprint density at radius 2 is 0.981 bits per heavy atom. The van der Waals surface area contributed by atoms with Crippen LogP contribution in [0, 0.1) is 58.3 Å². The number of rotatable bonds is 4. The molecule has 1 aromatic heterocycles. The number of allylic oxidation sites excluding steroid dienone is 2. The molecule has 4 heterocycles. The topological polar surface area (TPSA) is 165 Å². The smallest absolute Gasteiger partial charge is 0.238 e. The minimum Gasteiger partial charge on any atom is -0.238 e. The molecule has 0 aliphatic carbocycles.